The molecule has 1 heterocycles. The molecule has 1 aliphatic rings. The molecule has 0 radical (unpaired) electrons. The van der Waals surface area contributed by atoms with E-state index in [2.05, 4.69) is 12.2 Å². The average Bonchev–Trinajstić information content (AvgIpc) is 2.71. The van der Waals surface area contributed by atoms with E-state index in [1.165, 1.54) is 29.8 Å². The maximum Gasteiger partial charge on any atom is 0.122 e. The predicted octanol–water partition coefficient (Wildman–Crippen LogP) is 2.45. The number of nitrogens with zero attached hydrogens (tertiary/aromatic N) is 1. The first-order valence-electron chi connectivity index (χ1n) is 5.45. The van der Waals surface area contributed by atoms with E-state index in [0.29, 0.717) is 6.04 Å². The van der Waals surface area contributed by atoms with Gasteiger partial charge in [0.05, 0.1) is 11.7 Å². The van der Waals surface area contributed by atoms with Crippen LogP contribution in [0.3, 0.4) is 0 Å². The molecule has 1 aliphatic carbocycles. The lowest BCUT2D eigenvalue weighted by molar-refractivity contribution is 0.119. The van der Waals surface area contributed by atoms with Gasteiger partial charge in [-0.3, -0.25) is 0 Å². The molecule has 2 unspecified atom stereocenters. The summed E-state index contributed by atoms with van der Waals surface area (Å²) in [6.45, 7) is 2.05. The summed E-state index contributed by atoms with van der Waals surface area (Å²) in [7, 11) is 3.75. The van der Waals surface area contributed by atoms with Crippen LogP contribution in [-0.4, -0.2) is 19.1 Å². The summed E-state index contributed by atoms with van der Waals surface area (Å²) in [5, 5.41) is 4.45. The zero-order valence-corrected chi connectivity index (χ0v) is 10.4. The first-order valence-corrected chi connectivity index (χ1v) is 6.27. The number of methoxy groups -OCH3 is 1. The molecule has 84 valence electrons. The Kier molecular flexibility index (Phi) is 3.38. The second-order valence-electron chi connectivity index (χ2n) is 3.97. The maximum atomic E-state index is 5.31. The third-order valence-electron chi connectivity index (χ3n) is 3.02. The Hall–Kier alpha value is -0.450. The van der Waals surface area contributed by atoms with Crippen LogP contribution in [0.15, 0.2) is 0 Å². The topological polar surface area (TPSA) is 34.1 Å². The van der Waals surface area contributed by atoms with Crippen LogP contribution in [0, 0.1) is 0 Å². The Morgan fingerprint density at radius 3 is 3.07 bits per heavy atom. The number of aromatic nitrogens is 1. The summed E-state index contributed by atoms with van der Waals surface area (Å²) in [4.78, 5) is 6.15. The second kappa shape index (κ2) is 4.60. The van der Waals surface area contributed by atoms with Gasteiger partial charge in [0.1, 0.15) is 11.1 Å². The Morgan fingerprint density at radius 1 is 1.60 bits per heavy atom. The van der Waals surface area contributed by atoms with E-state index in [1.54, 1.807) is 7.11 Å². The molecule has 0 aliphatic heterocycles. The minimum Gasteiger partial charge on any atom is -0.375 e. The number of hydrogen-bond acceptors (Lipinski definition) is 4. The number of aryl methyl sites for hydroxylation is 1. The summed E-state index contributed by atoms with van der Waals surface area (Å²) in [5.74, 6) is 0. The lowest BCUT2D eigenvalue weighted by Gasteiger charge is -2.19. The molecular formula is C11H18N2OS. The van der Waals surface area contributed by atoms with E-state index in [4.69, 9.17) is 9.72 Å². The van der Waals surface area contributed by atoms with Gasteiger partial charge >= 0.3 is 0 Å². The van der Waals surface area contributed by atoms with Crippen LogP contribution in [0.1, 0.15) is 47.5 Å². The first kappa shape index (κ1) is 11.0. The van der Waals surface area contributed by atoms with Crippen LogP contribution in [0.4, 0.5) is 0 Å². The number of hydrogen-bond donors (Lipinski definition) is 1. The lowest BCUT2D eigenvalue weighted by Crippen LogP contribution is -2.21. The molecule has 3 nitrogen and oxygen atoms in total. The molecule has 2 rings (SSSR count). The number of nitrogens with one attached hydrogen (secondary N) is 1. The Balaban J connectivity index is 2.29. The van der Waals surface area contributed by atoms with Crippen molar-refractivity contribution in [3.05, 3.63) is 15.6 Å². The fraction of sp³-hybridized carbons (Fsp3) is 0.727. The van der Waals surface area contributed by atoms with Crippen molar-refractivity contribution in [3.63, 3.8) is 0 Å². The maximum absolute atomic E-state index is 5.31. The molecule has 0 fully saturated rings. The SMILES string of the molecule is CNC1CCCc2sc(C(C)OC)nc21. The largest absolute Gasteiger partial charge is 0.375 e. The summed E-state index contributed by atoms with van der Waals surface area (Å²) >= 11 is 1.81. The van der Waals surface area contributed by atoms with Crippen molar-refractivity contribution >= 4 is 11.3 Å². The highest BCUT2D eigenvalue weighted by Crippen LogP contribution is 2.35. The lowest BCUT2D eigenvalue weighted by atomic mass is 9.98. The van der Waals surface area contributed by atoms with E-state index in [1.807, 2.05) is 18.4 Å². The van der Waals surface area contributed by atoms with E-state index in [9.17, 15) is 0 Å². The summed E-state index contributed by atoms with van der Waals surface area (Å²) in [6, 6.07) is 0.447. The van der Waals surface area contributed by atoms with Crippen molar-refractivity contribution in [2.24, 2.45) is 0 Å². The number of ether oxygens (including phenoxy) is 1. The number of rotatable bonds is 3. The number of fused-ring (bicyclic) bond motifs is 1. The molecular weight excluding hydrogens is 208 g/mol. The van der Waals surface area contributed by atoms with Gasteiger partial charge in [0.2, 0.25) is 0 Å². The quantitative estimate of drug-likeness (QED) is 0.859. The normalized spacial score (nSPS) is 22.5. The summed E-state index contributed by atoms with van der Waals surface area (Å²) < 4.78 is 5.31. The fourth-order valence-electron chi connectivity index (χ4n) is 1.99. The third-order valence-corrected chi connectivity index (χ3v) is 4.31. The first-order chi connectivity index (χ1) is 7.26. The number of thiazole rings is 1. The molecule has 15 heavy (non-hydrogen) atoms. The monoisotopic (exact) mass is 226 g/mol. The smallest absolute Gasteiger partial charge is 0.122 e. The van der Waals surface area contributed by atoms with Gasteiger partial charge in [0, 0.05) is 12.0 Å². The fourth-order valence-corrected chi connectivity index (χ4v) is 3.19. The van der Waals surface area contributed by atoms with Crippen molar-refractivity contribution < 1.29 is 4.74 Å². The molecule has 0 amide bonds. The van der Waals surface area contributed by atoms with Gasteiger partial charge in [0.25, 0.3) is 0 Å². The van der Waals surface area contributed by atoms with Crippen LogP contribution >= 0.6 is 11.3 Å². The molecule has 0 saturated heterocycles. The second-order valence-corrected chi connectivity index (χ2v) is 5.09. The van der Waals surface area contributed by atoms with E-state index >= 15 is 0 Å². The summed E-state index contributed by atoms with van der Waals surface area (Å²) in [5.41, 5.74) is 1.26. The average molecular weight is 226 g/mol. The minimum absolute atomic E-state index is 0.123. The van der Waals surface area contributed by atoms with Gasteiger partial charge in [-0.1, -0.05) is 0 Å². The van der Waals surface area contributed by atoms with Crippen molar-refractivity contribution in [2.45, 2.75) is 38.3 Å². The van der Waals surface area contributed by atoms with E-state index in [-0.39, 0.29) is 6.10 Å². The third kappa shape index (κ3) is 2.07. The minimum atomic E-state index is 0.123. The predicted molar refractivity (Wildman–Crippen MR) is 62.3 cm³/mol. The molecule has 1 N–H and O–H groups in total. The molecule has 2 atom stereocenters. The van der Waals surface area contributed by atoms with Gasteiger partial charge in [-0.25, -0.2) is 4.98 Å². The van der Waals surface area contributed by atoms with Crippen LogP contribution in [0.2, 0.25) is 0 Å². The molecule has 1 aromatic heterocycles. The molecule has 0 spiro atoms. The molecule has 0 saturated carbocycles. The standard InChI is InChI=1S/C11H18N2OS/c1-7(14-3)11-13-10-8(12-2)5-4-6-9(10)15-11/h7-8,12H,4-6H2,1-3H3. The highest BCUT2D eigenvalue weighted by molar-refractivity contribution is 7.11. The summed E-state index contributed by atoms with van der Waals surface area (Å²) in [6.07, 6.45) is 3.77. The Labute approximate surface area is 94.9 Å². The van der Waals surface area contributed by atoms with E-state index < -0.39 is 0 Å². The van der Waals surface area contributed by atoms with Crippen molar-refractivity contribution in [1.29, 1.82) is 0 Å². The van der Waals surface area contributed by atoms with Gasteiger partial charge in [-0.15, -0.1) is 11.3 Å². The van der Waals surface area contributed by atoms with Gasteiger partial charge in [-0.2, -0.15) is 0 Å². The Bertz CT molecular complexity index is 337. The van der Waals surface area contributed by atoms with Crippen LogP contribution < -0.4 is 5.32 Å². The van der Waals surface area contributed by atoms with Gasteiger partial charge in [-0.05, 0) is 33.2 Å². The molecule has 4 heteroatoms. The molecule has 0 aromatic carbocycles. The van der Waals surface area contributed by atoms with Crippen LogP contribution in [0.25, 0.3) is 0 Å². The molecule has 1 aromatic rings. The van der Waals surface area contributed by atoms with Crippen molar-refractivity contribution in [2.75, 3.05) is 14.2 Å². The van der Waals surface area contributed by atoms with Gasteiger partial charge < -0.3 is 10.1 Å². The van der Waals surface area contributed by atoms with Crippen molar-refractivity contribution in [3.8, 4) is 0 Å². The van der Waals surface area contributed by atoms with Crippen LogP contribution in [0.5, 0.6) is 0 Å². The zero-order valence-electron chi connectivity index (χ0n) is 9.54. The molecule has 0 bridgehead atoms. The Morgan fingerprint density at radius 2 is 2.40 bits per heavy atom. The van der Waals surface area contributed by atoms with Crippen LogP contribution in [-0.2, 0) is 11.2 Å². The highest BCUT2D eigenvalue weighted by Gasteiger charge is 2.24. The van der Waals surface area contributed by atoms with Crippen molar-refractivity contribution in [1.82, 2.24) is 10.3 Å². The van der Waals surface area contributed by atoms with E-state index in [0.717, 1.165) is 5.01 Å². The van der Waals surface area contributed by atoms with Gasteiger partial charge in [0.15, 0.2) is 0 Å². The highest BCUT2D eigenvalue weighted by atomic mass is 32.1. The zero-order chi connectivity index (χ0) is 10.8.